The zero-order valence-corrected chi connectivity index (χ0v) is 6.36. The van der Waals surface area contributed by atoms with E-state index < -0.39 is 6.67 Å². The summed E-state index contributed by atoms with van der Waals surface area (Å²) in [6, 6.07) is 0. The van der Waals surface area contributed by atoms with Gasteiger partial charge >= 0.3 is 0 Å². The third-order valence-electron chi connectivity index (χ3n) is 1.06. The van der Waals surface area contributed by atoms with E-state index in [1.54, 1.807) is 6.20 Å². The molecule has 0 aromatic carbocycles. The van der Waals surface area contributed by atoms with E-state index in [0.717, 1.165) is 0 Å². The van der Waals surface area contributed by atoms with E-state index in [9.17, 15) is 4.39 Å². The first-order valence-electron chi connectivity index (χ1n) is 2.78. The summed E-state index contributed by atoms with van der Waals surface area (Å²) in [6.45, 7) is -0.538. The van der Waals surface area contributed by atoms with Gasteiger partial charge in [-0.05, 0) is 6.26 Å². The van der Waals surface area contributed by atoms with E-state index in [-0.39, 0.29) is 0 Å². The summed E-state index contributed by atoms with van der Waals surface area (Å²) in [5.74, 6) is 0. The Hall–Kier alpha value is -0.640. The van der Waals surface area contributed by atoms with Crippen molar-refractivity contribution in [3.8, 4) is 0 Å². The molecule has 54 valence electrons. The highest BCUT2D eigenvalue weighted by Gasteiger charge is 2.00. The topological polar surface area (TPSA) is 25.8 Å². The minimum Gasteiger partial charge on any atom is -0.254 e. The standard InChI is InChI=1S/C6H7FN2S/c1-10-6-5(4-7)8-2-3-9-6/h2-3H,4H2,1H3. The van der Waals surface area contributed by atoms with Gasteiger partial charge in [-0.3, -0.25) is 4.98 Å². The van der Waals surface area contributed by atoms with Crippen LogP contribution in [-0.2, 0) is 6.67 Å². The van der Waals surface area contributed by atoms with Crippen molar-refractivity contribution in [1.82, 2.24) is 9.97 Å². The molecule has 1 aromatic rings. The van der Waals surface area contributed by atoms with Crippen LogP contribution in [0.1, 0.15) is 5.69 Å². The molecule has 0 radical (unpaired) electrons. The summed E-state index contributed by atoms with van der Waals surface area (Å²) in [7, 11) is 0. The first-order chi connectivity index (χ1) is 4.88. The van der Waals surface area contributed by atoms with Crippen LogP contribution < -0.4 is 0 Å². The number of rotatable bonds is 2. The van der Waals surface area contributed by atoms with Crippen LogP contribution in [0.3, 0.4) is 0 Å². The fraction of sp³-hybridized carbons (Fsp3) is 0.333. The van der Waals surface area contributed by atoms with Crippen molar-refractivity contribution in [2.24, 2.45) is 0 Å². The smallest absolute Gasteiger partial charge is 0.134 e. The second kappa shape index (κ2) is 3.51. The van der Waals surface area contributed by atoms with Crippen molar-refractivity contribution in [1.29, 1.82) is 0 Å². The van der Waals surface area contributed by atoms with Crippen LogP contribution in [-0.4, -0.2) is 16.2 Å². The van der Waals surface area contributed by atoms with Gasteiger partial charge in [0.2, 0.25) is 0 Å². The van der Waals surface area contributed by atoms with Crippen molar-refractivity contribution in [3.05, 3.63) is 18.1 Å². The summed E-state index contributed by atoms with van der Waals surface area (Å²) < 4.78 is 12.1. The van der Waals surface area contributed by atoms with Gasteiger partial charge < -0.3 is 0 Å². The maximum atomic E-state index is 12.1. The van der Waals surface area contributed by atoms with Gasteiger partial charge in [-0.1, -0.05) is 0 Å². The van der Waals surface area contributed by atoms with Crippen LogP contribution in [0, 0.1) is 0 Å². The van der Waals surface area contributed by atoms with Gasteiger partial charge in [-0.25, -0.2) is 9.37 Å². The molecular weight excluding hydrogens is 151 g/mol. The molecule has 0 aliphatic heterocycles. The Morgan fingerprint density at radius 1 is 1.50 bits per heavy atom. The molecule has 2 nitrogen and oxygen atoms in total. The van der Waals surface area contributed by atoms with E-state index >= 15 is 0 Å². The molecule has 0 saturated carbocycles. The van der Waals surface area contributed by atoms with Gasteiger partial charge in [-0.15, -0.1) is 11.8 Å². The maximum Gasteiger partial charge on any atom is 0.134 e. The predicted molar refractivity (Wildman–Crippen MR) is 38.6 cm³/mol. The molecule has 1 aromatic heterocycles. The van der Waals surface area contributed by atoms with E-state index in [0.29, 0.717) is 10.7 Å². The molecular formula is C6H7FN2S. The van der Waals surface area contributed by atoms with Crippen molar-refractivity contribution in [2.75, 3.05) is 6.26 Å². The Morgan fingerprint density at radius 3 is 2.70 bits per heavy atom. The van der Waals surface area contributed by atoms with Gasteiger partial charge in [0.05, 0.1) is 0 Å². The number of alkyl halides is 1. The van der Waals surface area contributed by atoms with E-state index in [2.05, 4.69) is 9.97 Å². The summed E-state index contributed by atoms with van der Waals surface area (Å²) in [5, 5.41) is 0.671. The van der Waals surface area contributed by atoms with E-state index in [1.807, 2.05) is 6.26 Å². The Labute approximate surface area is 62.9 Å². The summed E-state index contributed by atoms with van der Waals surface area (Å²) >= 11 is 1.41. The highest BCUT2D eigenvalue weighted by atomic mass is 32.2. The van der Waals surface area contributed by atoms with E-state index in [4.69, 9.17) is 0 Å². The first kappa shape index (κ1) is 7.47. The maximum absolute atomic E-state index is 12.1. The number of halogens is 1. The fourth-order valence-electron chi connectivity index (χ4n) is 0.616. The zero-order chi connectivity index (χ0) is 7.40. The molecule has 0 unspecified atom stereocenters. The Bertz CT molecular complexity index is 194. The number of nitrogens with zero attached hydrogens (tertiary/aromatic N) is 2. The SMILES string of the molecule is CSc1nccnc1CF. The average molecular weight is 158 g/mol. The Kier molecular flexibility index (Phi) is 2.62. The summed E-state index contributed by atoms with van der Waals surface area (Å²) in [5.41, 5.74) is 0.426. The normalized spacial score (nSPS) is 9.80. The van der Waals surface area contributed by atoms with E-state index in [1.165, 1.54) is 18.0 Å². The van der Waals surface area contributed by atoms with Gasteiger partial charge in [0.1, 0.15) is 17.4 Å². The molecule has 0 saturated heterocycles. The van der Waals surface area contributed by atoms with Gasteiger partial charge in [0.25, 0.3) is 0 Å². The Morgan fingerprint density at radius 2 is 2.20 bits per heavy atom. The molecule has 1 heterocycles. The third-order valence-corrected chi connectivity index (χ3v) is 1.78. The lowest BCUT2D eigenvalue weighted by Crippen LogP contribution is -1.90. The summed E-state index contributed by atoms with van der Waals surface area (Å²) in [6.07, 6.45) is 4.91. The lowest BCUT2D eigenvalue weighted by Gasteiger charge is -1.97. The van der Waals surface area contributed by atoms with Gasteiger partial charge in [0, 0.05) is 12.4 Å². The van der Waals surface area contributed by atoms with Gasteiger partial charge in [-0.2, -0.15) is 0 Å². The molecule has 0 fully saturated rings. The third kappa shape index (κ3) is 1.44. The lowest BCUT2D eigenvalue weighted by molar-refractivity contribution is 0.467. The molecule has 0 aliphatic carbocycles. The zero-order valence-electron chi connectivity index (χ0n) is 5.54. The number of aromatic nitrogens is 2. The molecule has 10 heavy (non-hydrogen) atoms. The molecule has 0 atom stereocenters. The molecule has 0 N–H and O–H groups in total. The molecule has 4 heteroatoms. The number of thioether (sulfide) groups is 1. The van der Waals surface area contributed by atoms with Crippen molar-refractivity contribution < 1.29 is 4.39 Å². The fourth-order valence-corrected chi connectivity index (χ4v) is 1.13. The van der Waals surface area contributed by atoms with Gasteiger partial charge in [0.15, 0.2) is 0 Å². The molecule has 0 amide bonds. The van der Waals surface area contributed by atoms with Crippen LogP contribution in [0.4, 0.5) is 4.39 Å². The van der Waals surface area contributed by atoms with Crippen LogP contribution >= 0.6 is 11.8 Å². The second-order valence-electron chi connectivity index (χ2n) is 1.65. The minimum absolute atomic E-state index is 0.426. The number of hydrogen-bond donors (Lipinski definition) is 0. The molecule has 0 bridgehead atoms. The van der Waals surface area contributed by atoms with Crippen LogP contribution in [0.25, 0.3) is 0 Å². The monoisotopic (exact) mass is 158 g/mol. The van der Waals surface area contributed by atoms with Crippen molar-refractivity contribution >= 4 is 11.8 Å². The summed E-state index contributed by atoms with van der Waals surface area (Å²) in [4.78, 5) is 7.74. The second-order valence-corrected chi connectivity index (χ2v) is 2.44. The lowest BCUT2D eigenvalue weighted by atomic mass is 10.5. The quantitative estimate of drug-likeness (QED) is 0.612. The predicted octanol–water partition coefficient (Wildman–Crippen LogP) is 1.67. The first-order valence-corrected chi connectivity index (χ1v) is 4.00. The van der Waals surface area contributed by atoms with Crippen LogP contribution in [0.5, 0.6) is 0 Å². The van der Waals surface area contributed by atoms with Crippen molar-refractivity contribution in [3.63, 3.8) is 0 Å². The Balaban J connectivity index is 2.96. The average Bonchev–Trinajstić information content (AvgIpc) is 2.04. The largest absolute Gasteiger partial charge is 0.254 e. The van der Waals surface area contributed by atoms with Crippen LogP contribution in [0.15, 0.2) is 17.4 Å². The molecule has 1 rings (SSSR count). The highest BCUT2D eigenvalue weighted by Crippen LogP contribution is 2.14. The van der Waals surface area contributed by atoms with Crippen LogP contribution in [0.2, 0.25) is 0 Å². The molecule has 0 spiro atoms. The van der Waals surface area contributed by atoms with Crippen molar-refractivity contribution in [2.45, 2.75) is 11.7 Å². The highest BCUT2D eigenvalue weighted by molar-refractivity contribution is 7.98. The minimum atomic E-state index is -0.538. The molecule has 0 aliphatic rings. The number of hydrogen-bond acceptors (Lipinski definition) is 3.